The fourth-order valence-electron chi connectivity index (χ4n) is 1.68. The molecule has 4 nitrogen and oxygen atoms in total. The van der Waals surface area contributed by atoms with Gasteiger partial charge in [0.25, 0.3) is 0 Å². The zero-order valence-corrected chi connectivity index (χ0v) is 8.45. The maximum Gasteiger partial charge on any atom is 0.309 e. The molecule has 1 aromatic rings. The smallest absolute Gasteiger partial charge is 0.309 e. The van der Waals surface area contributed by atoms with Crippen molar-refractivity contribution in [3.05, 3.63) is 17.2 Å². The van der Waals surface area contributed by atoms with E-state index in [9.17, 15) is 4.79 Å². The largest absolute Gasteiger partial charge is 0.481 e. The molecule has 0 spiro atoms. The lowest BCUT2D eigenvalue weighted by Crippen LogP contribution is -2.02. The molecule has 0 radical (unpaired) electrons. The quantitative estimate of drug-likeness (QED) is 0.787. The second kappa shape index (κ2) is 3.12. The van der Waals surface area contributed by atoms with Crippen LogP contribution in [0.25, 0.3) is 0 Å². The molecule has 1 saturated carbocycles. The Kier molecular flexibility index (Phi) is 2.06. The van der Waals surface area contributed by atoms with Crippen LogP contribution in [0.2, 0.25) is 0 Å². The Morgan fingerprint density at radius 3 is 2.79 bits per heavy atom. The third kappa shape index (κ3) is 1.52. The molecule has 0 atom stereocenters. The summed E-state index contributed by atoms with van der Waals surface area (Å²) in [5.41, 5.74) is 1.69. The number of nitrogens with zero attached hydrogens (tertiary/aromatic N) is 2. The monoisotopic (exact) mass is 194 g/mol. The second-order valence-electron chi connectivity index (χ2n) is 3.91. The van der Waals surface area contributed by atoms with Gasteiger partial charge in [-0.1, -0.05) is 0 Å². The van der Waals surface area contributed by atoms with Gasteiger partial charge in [-0.15, -0.1) is 0 Å². The topological polar surface area (TPSA) is 55.1 Å². The Morgan fingerprint density at radius 1 is 1.64 bits per heavy atom. The van der Waals surface area contributed by atoms with Gasteiger partial charge in [0.15, 0.2) is 0 Å². The van der Waals surface area contributed by atoms with Gasteiger partial charge in [0.2, 0.25) is 0 Å². The molecule has 0 unspecified atom stereocenters. The molecule has 0 aliphatic heterocycles. The van der Waals surface area contributed by atoms with E-state index in [1.165, 1.54) is 12.8 Å². The number of carboxylic acid groups (broad SMARTS) is 1. The van der Waals surface area contributed by atoms with Crippen LogP contribution in [-0.2, 0) is 18.3 Å². The molecule has 2 rings (SSSR count). The Bertz CT molecular complexity index is 378. The highest BCUT2D eigenvalue weighted by Crippen LogP contribution is 2.39. The van der Waals surface area contributed by atoms with E-state index in [1.807, 2.05) is 18.5 Å². The van der Waals surface area contributed by atoms with E-state index in [0.29, 0.717) is 11.6 Å². The van der Waals surface area contributed by atoms with Gasteiger partial charge >= 0.3 is 5.97 Å². The molecule has 0 bridgehead atoms. The summed E-state index contributed by atoms with van der Waals surface area (Å²) in [4.78, 5) is 15.0. The van der Waals surface area contributed by atoms with Crippen molar-refractivity contribution in [1.29, 1.82) is 0 Å². The second-order valence-corrected chi connectivity index (χ2v) is 3.91. The lowest BCUT2D eigenvalue weighted by molar-refractivity contribution is -0.136. The van der Waals surface area contributed by atoms with E-state index >= 15 is 0 Å². The van der Waals surface area contributed by atoms with Crippen LogP contribution in [0.3, 0.4) is 0 Å². The average molecular weight is 194 g/mol. The van der Waals surface area contributed by atoms with Gasteiger partial charge in [-0.05, 0) is 19.8 Å². The summed E-state index contributed by atoms with van der Waals surface area (Å²) in [7, 11) is 1.96. The van der Waals surface area contributed by atoms with Gasteiger partial charge in [-0.25, -0.2) is 4.98 Å². The summed E-state index contributed by atoms with van der Waals surface area (Å²) in [6.07, 6.45) is 2.42. The number of aromatic nitrogens is 2. The van der Waals surface area contributed by atoms with Crippen molar-refractivity contribution in [1.82, 2.24) is 9.55 Å². The van der Waals surface area contributed by atoms with Crippen molar-refractivity contribution >= 4 is 5.97 Å². The van der Waals surface area contributed by atoms with E-state index < -0.39 is 5.97 Å². The summed E-state index contributed by atoms with van der Waals surface area (Å²) >= 11 is 0. The van der Waals surface area contributed by atoms with E-state index in [-0.39, 0.29) is 6.42 Å². The summed E-state index contributed by atoms with van der Waals surface area (Å²) < 4.78 is 2.02. The maximum atomic E-state index is 10.6. The normalized spacial score (nSPS) is 15.9. The standard InChI is InChI=1S/C10H14N2O2/c1-6-8(5-9(13)14)11-10(12(6)2)7-3-4-7/h7H,3-5H2,1-2H3,(H,13,14). The number of aliphatic carboxylic acids is 1. The fourth-order valence-corrected chi connectivity index (χ4v) is 1.68. The van der Waals surface area contributed by atoms with Crippen molar-refractivity contribution < 1.29 is 9.90 Å². The number of carboxylic acids is 1. The van der Waals surface area contributed by atoms with E-state index in [0.717, 1.165) is 11.5 Å². The van der Waals surface area contributed by atoms with E-state index in [1.54, 1.807) is 0 Å². The van der Waals surface area contributed by atoms with Crippen molar-refractivity contribution in [3.63, 3.8) is 0 Å². The lowest BCUT2D eigenvalue weighted by Gasteiger charge is -1.99. The fraction of sp³-hybridized carbons (Fsp3) is 0.600. The maximum absolute atomic E-state index is 10.6. The molecular weight excluding hydrogens is 180 g/mol. The molecule has 1 aliphatic rings. The third-order valence-electron chi connectivity index (χ3n) is 2.78. The summed E-state index contributed by atoms with van der Waals surface area (Å²) in [6, 6.07) is 0. The number of hydrogen-bond acceptors (Lipinski definition) is 2. The van der Waals surface area contributed by atoms with Gasteiger partial charge < -0.3 is 9.67 Å². The first-order valence-corrected chi connectivity index (χ1v) is 4.83. The molecule has 4 heteroatoms. The predicted molar refractivity (Wildman–Crippen MR) is 51.3 cm³/mol. The highest BCUT2D eigenvalue weighted by molar-refractivity contribution is 5.69. The zero-order chi connectivity index (χ0) is 10.3. The minimum Gasteiger partial charge on any atom is -0.481 e. The average Bonchev–Trinajstić information content (AvgIpc) is 2.88. The Labute approximate surface area is 82.6 Å². The minimum absolute atomic E-state index is 0.0341. The Hall–Kier alpha value is -1.32. The minimum atomic E-state index is -0.812. The number of imidazole rings is 1. The summed E-state index contributed by atoms with van der Waals surface area (Å²) in [5.74, 6) is 0.813. The number of rotatable bonds is 3. The Morgan fingerprint density at radius 2 is 2.29 bits per heavy atom. The van der Waals surface area contributed by atoms with Crippen LogP contribution in [-0.4, -0.2) is 20.6 Å². The van der Waals surface area contributed by atoms with Crippen LogP contribution in [0.5, 0.6) is 0 Å². The van der Waals surface area contributed by atoms with Crippen molar-refractivity contribution in [2.45, 2.75) is 32.1 Å². The third-order valence-corrected chi connectivity index (χ3v) is 2.78. The summed E-state index contributed by atoms with van der Waals surface area (Å²) in [5, 5.41) is 8.70. The van der Waals surface area contributed by atoms with Crippen molar-refractivity contribution in [3.8, 4) is 0 Å². The first-order valence-electron chi connectivity index (χ1n) is 4.83. The molecule has 1 aromatic heterocycles. The molecule has 0 saturated heterocycles. The first kappa shape index (κ1) is 9.24. The van der Waals surface area contributed by atoms with Crippen LogP contribution in [0.1, 0.15) is 36.0 Å². The van der Waals surface area contributed by atoms with E-state index in [4.69, 9.17) is 5.11 Å². The molecule has 1 fully saturated rings. The highest BCUT2D eigenvalue weighted by Gasteiger charge is 2.29. The molecule has 0 amide bonds. The van der Waals surface area contributed by atoms with Crippen LogP contribution in [0.4, 0.5) is 0 Å². The van der Waals surface area contributed by atoms with Crippen molar-refractivity contribution in [2.24, 2.45) is 7.05 Å². The van der Waals surface area contributed by atoms with Gasteiger partial charge in [-0.3, -0.25) is 4.79 Å². The van der Waals surface area contributed by atoms with Gasteiger partial charge in [-0.2, -0.15) is 0 Å². The SMILES string of the molecule is Cc1c(CC(=O)O)nc(C2CC2)n1C. The molecule has 76 valence electrons. The number of hydrogen-bond donors (Lipinski definition) is 1. The zero-order valence-electron chi connectivity index (χ0n) is 8.45. The molecule has 1 N–H and O–H groups in total. The van der Waals surface area contributed by atoms with Crippen LogP contribution < -0.4 is 0 Å². The van der Waals surface area contributed by atoms with Crippen LogP contribution in [0, 0.1) is 6.92 Å². The van der Waals surface area contributed by atoms with Crippen LogP contribution >= 0.6 is 0 Å². The molecule has 0 aromatic carbocycles. The lowest BCUT2D eigenvalue weighted by atomic mass is 10.2. The molecule has 1 aliphatic carbocycles. The van der Waals surface area contributed by atoms with Crippen molar-refractivity contribution in [2.75, 3.05) is 0 Å². The van der Waals surface area contributed by atoms with Gasteiger partial charge in [0.05, 0.1) is 12.1 Å². The van der Waals surface area contributed by atoms with Crippen LogP contribution in [0.15, 0.2) is 0 Å². The molecular formula is C10H14N2O2. The molecule has 1 heterocycles. The summed E-state index contributed by atoms with van der Waals surface area (Å²) in [6.45, 7) is 1.93. The molecule has 14 heavy (non-hydrogen) atoms. The van der Waals surface area contributed by atoms with Gasteiger partial charge in [0.1, 0.15) is 5.82 Å². The predicted octanol–water partition coefficient (Wildman–Crippen LogP) is 1.23. The number of carbonyl (C=O) groups is 1. The van der Waals surface area contributed by atoms with Gasteiger partial charge in [0, 0.05) is 18.7 Å². The first-order chi connectivity index (χ1) is 6.59. The highest BCUT2D eigenvalue weighted by atomic mass is 16.4. The Balaban J connectivity index is 2.31. The van der Waals surface area contributed by atoms with E-state index in [2.05, 4.69) is 4.98 Å².